The van der Waals surface area contributed by atoms with E-state index in [9.17, 15) is 41.5 Å². The zero-order valence-corrected chi connectivity index (χ0v) is 32.3. The second-order valence-corrected chi connectivity index (χ2v) is 12.6. The van der Waals surface area contributed by atoms with Crippen LogP contribution in [0.2, 0.25) is 5.02 Å². The van der Waals surface area contributed by atoms with Gasteiger partial charge in [-0.1, -0.05) is 11.6 Å². The zero-order valence-electron chi connectivity index (χ0n) is 31.5. The van der Waals surface area contributed by atoms with Crippen molar-refractivity contribution in [1.29, 1.82) is 0 Å². The molecular formula is C38H37ClF4N4O11. The first-order chi connectivity index (χ1) is 27.5. The fourth-order valence-electron chi connectivity index (χ4n) is 5.28. The van der Waals surface area contributed by atoms with Gasteiger partial charge in [0.25, 0.3) is 11.4 Å². The van der Waals surface area contributed by atoms with Gasteiger partial charge in [0.05, 0.1) is 42.8 Å². The van der Waals surface area contributed by atoms with Crippen LogP contribution < -0.4 is 20.7 Å². The average molecular weight is 837 g/mol. The van der Waals surface area contributed by atoms with Gasteiger partial charge >= 0.3 is 17.8 Å². The number of Topliss-reactive ketones (excluding diaryl/α,β-unsaturated/α-hetero) is 3. The number of aromatic nitrogens is 4. The minimum Gasteiger partial charge on any atom is -0.450 e. The number of rotatable bonds is 15. The summed E-state index contributed by atoms with van der Waals surface area (Å²) in [5.41, 5.74) is -2.97. The molecule has 4 aromatic rings. The maximum Gasteiger partial charge on any atom is 0.433 e. The number of carbonyl (C=O) groups is 3. The Morgan fingerprint density at radius 3 is 2.40 bits per heavy atom. The molecule has 58 heavy (non-hydrogen) atoms. The minimum absolute atomic E-state index is 0.0393. The summed E-state index contributed by atoms with van der Waals surface area (Å²) in [7, 11) is 2.90. The molecule has 0 radical (unpaired) electrons. The SMILES string of the molecule is C=C(OOCC)Oc1ncccc1Oc1cc(-n2c(=O)cc(C)n(C)c2=O)c(F)cc1Cl.COCCOCc1nc(C(F)(F)F)ccc1C(=O)C1C(=O)CCCC1=O. The van der Waals surface area contributed by atoms with Crippen molar-refractivity contribution in [3.05, 3.63) is 116 Å². The van der Waals surface area contributed by atoms with Crippen molar-refractivity contribution in [1.82, 2.24) is 19.1 Å². The van der Waals surface area contributed by atoms with Gasteiger partial charge in [-0.15, -0.1) is 0 Å². The van der Waals surface area contributed by atoms with Crippen LogP contribution in [0.5, 0.6) is 17.4 Å². The number of pyridine rings is 2. The summed E-state index contributed by atoms with van der Waals surface area (Å²) in [5.74, 6) is -4.42. The third-order valence-corrected chi connectivity index (χ3v) is 8.49. The third kappa shape index (κ3) is 11.2. The number of halogens is 5. The molecule has 0 aliphatic heterocycles. The highest BCUT2D eigenvalue weighted by molar-refractivity contribution is 6.32. The summed E-state index contributed by atoms with van der Waals surface area (Å²) in [6, 6.07) is 7.96. The lowest BCUT2D eigenvalue weighted by molar-refractivity contribution is -0.279. The molecule has 0 unspecified atom stereocenters. The van der Waals surface area contributed by atoms with Crippen molar-refractivity contribution in [2.24, 2.45) is 13.0 Å². The molecule has 0 amide bonds. The van der Waals surface area contributed by atoms with Crippen molar-refractivity contribution in [3.8, 4) is 23.1 Å². The standard InChI is InChI=1S/C21H19ClFN3O6.C17H18F3NO5/c1-5-29-32-13(3)30-20-17(7-6-8-24-20)31-18-11-16(15(23)10-14(18)22)26-19(27)9-12(2)25(4)21(26)28;1-25-7-8-26-9-11-10(5-6-14(21-11)17(18,19)20)16(24)15-12(22)3-2-4-13(15)23/h6-11H,3,5H2,1-2,4H3;5-6,15H,2-4,7-9H2,1H3. The van der Waals surface area contributed by atoms with Gasteiger partial charge in [-0.3, -0.25) is 24.1 Å². The van der Waals surface area contributed by atoms with Crippen LogP contribution in [-0.2, 0) is 48.7 Å². The lowest BCUT2D eigenvalue weighted by Gasteiger charge is -2.20. The second kappa shape index (κ2) is 20.1. The number of alkyl halides is 3. The number of aryl methyl sites for hydroxylation is 1. The number of ether oxygens (including phenoxy) is 4. The number of benzene rings is 1. The van der Waals surface area contributed by atoms with E-state index < -0.39 is 52.2 Å². The molecule has 0 saturated heterocycles. The maximum atomic E-state index is 14.7. The van der Waals surface area contributed by atoms with E-state index in [0.29, 0.717) is 22.7 Å². The molecule has 310 valence electrons. The van der Waals surface area contributed by atoms with Crippen molar-refractivity contribution in [2.75, 3.05) is 26.9 Å². The Bertz CT molecular complexity index is 2280. The van der Waals surface area contributed by atoms with E-state index in [1.54, 1.807) is 19.9 Å². The largest absolute Gasteiger partial charge is 0.450 e. The van der Waals surface area contributed by atoms with E-state index in [-0.39, 0.29) is 84.6 Å². The van der Waals surface area contributed by atoms with Crippen LogP contribution >= 0.6 is 11.6 Å². The van der Waals surface area contributed by atoms with Gasteiger partial charge in [0.2, 0.25) is 0 Å². The van der Waals surface area contributed by atoms with Gasteiger partial charge in [0.15, 0.2) is 23.1 Å². The minimum atomic E-state index is -4.70. The number of hydrogen-bond donors (Lipinski definition) is 0. The number of methoxy groups -OCH3 is 1. The number of nitrogens with zero attached hydrogens (tertiary/aromatic N) is 4. The molecule has 1 aromatic carbocycles. The van der Waals surface area contributed by atoms with Gasteiger partial charge < -0.3 is 23.5 Å². The van der Waals surface area contributed by atoms with Crippen LogP contribution in [0, 0.1) is 18.7 Å². The summed E-state index contributed by atoms with van der Waals surface area (Å²) >= 11 is 6.14. The first-order valence-electron chi connectivity index (χ1n) is 17.3. The molecule has 0 bridgehead atoms. The molecule has 5 rings (SSSR count). The van der Waals surface area contributed by atoms with E-state index in [4.69, 9.17) is 40.3 Å². The van der Waals surface area contributed by atoms with Gasteiger partial charge in [0, 0.05) is 56.6 Å². The van der Waals surface area contributed by atoms with Crippen molar-refractivity contribution >= 4 is 29.0 Å². The third-order valence-electron chi connectivity index (χ3n) is 8.19. The molecule has 0 atom stereocenters. The van der Waals surface area contributed by atoms with Crippen molar-refractivity contribution in [3.63, 3.8) is 0 Å². The predicted octanol–water partition coefficient (Wildman–Crippen LogP) is 6.03. The molecule has 20 heteroatoms. The second-order valence-electron chi connectivity index (χ2n) is 12.2. The van der Waals surface area contributed by atoms with Crippen LogP contribution in [0.15, 0.2) is 70.8 Å². The molecule has 3 heterocycles. The molecule has 1 fully saturated rings. The van der Waals surface area contributed by atoms with Gasteiger partial charge in [-0.25, -0.2) is 23.7 Å². The highest BCUT2D eigenvalue weighted by Gasteiger charge is 2.39. The fraction of sp³-hybridized carbons (Fsp3) is 0.342. The van der Waals surface area contributed by atoms with E-state index in [1.807, 2.05) is 0 Å². The van der Waals surface area contributed by atoms with Crippen LogP contribution in [0.1, 0.15) is 53.6 Å². The molecule has 1 aliphatic carbocycles. The predicted molar refractivity (Wildman–Crippen MR) is 196 cm³/mol. The quantitative estimate of drug-likeness (QED) is 0.0258. The van der Waals surface area contributed by atoms with Crippen molar-refractivity contribution < 1.29 is 60.7 Å². The summed E-state index contributed by atoms with van der Waals surface area (Å²) in [6.07, 6.45) is -2.70. The Morgan fingerprint density at radius 1 is 1.03 bits per heavy atom. The molecule has 3 aromatic heterocycles. The first kappa shape index (κ1) is 44.9. The molecule has 1 aliphatic rings. The van der Waals surface area contributed by atoms with E-state index in [0.717, 1.165) is 18.2 Å². The monoisotopic (exact) mass is 836 g/mol. The summed E-state index contributed by atoms with van der Waals surface area (Å²) in [4.78, 5) is 78.7. The Morgan fingerprint density at radius 2 is 1.74 bits per heavy atom. The Kier molecular flexibility index (Phi) is 15.6. The fourth-order valence-corrected chi connectivity index (χ4v) is 5.47. The number of carbonyl (C=O) groups excluding carboxylic acids is 3. The normalized spacial score (nSPS) is 13.1. The first-order valence-corrected chi connectivity index (χ1v) is 17.7. The number of ketones is 3. The number of hydrogen-bond acceptors (Lipinski definition) is 13. The molecular weight excluding hydrogens is 800 g/mol. The highest BCUT2D eigenvalue weighted by Crippen LogP contribution is 2.36. The molecule has 15 nitrogen and oxygen atoms in total. The lowest BCUT2D eigenvalue weighted by Crippen LogP contribution is -2.38. The average Bonchev–Trinajstić information content (AvgIpc) is 3.17. The summed E-state index contributed by atoms with van der Waals surface area (Å²) < 4.78 is 76.4. The topological polar surface area (TPSA) is 176 Å². The molecule has 0 spiro atoms. The lowest BCUT2D eigenvalue weighted by atomic mass is 9.81. The maximum absolute atomic E-state index is 14.7. The van der Waals surface area contributed by atoms with Gasteiger partial charge in [-0.2, -0.15) is 18.1 Å². The van der Waals surface area contributed by atoms with Gasteiger partial charge in [0.1, 0.15) is 23.2 Å². The van der Waals surface area contributed by atoms with Crippen LogP contribution in [-0.4, -0.2) is 63.4 Å². The van der Waals surface area contributed by atoms with Gasteiger partial charge in [-0.05, 0) is 57.2 Å². The zero-order chi connectivity index (χ0) is 42.7. The van der Waals surface area contributed by atoms with Crippen LogP contribution in [0.25, 0.3) is 5.69 Å². The van der Waals surface area contributed by atoms with Crippen LogP contribution in [0.3, 0.4) is 0 Å². The summed E-state index contributed by atoms with van der Waals surface area (Å²) in [6.45, 7) is 7.03. The Labute approximate surface area is 332 Å². The molecule has 0 N–H and O–H groups in total. The van der Waals surface area contributed by atoms with Crippen LogP contribution in [0.4, 0.5) is 17.6 Å². The van der Waals surface area contributed by atoms with E-state index in [2.05, 4.69) is 16.5 Å². The van der Waals surface area contributed by atoms with E-state index in [1.165, 1.54) is 37.1 Å². The van der Waals surface area contributed by atoms with Crippen molar-refractivity contribution in [2.45, 2.75) is 45.9 Å². The smallest absolute Gasteiger partial charge is 0.433 e. The summed E-state index contributed by atoms with van der Waals surface area (Å²) in [5, 5.41) is -0.109. The highest BCUT2D eigenvalue weighted by atomic mass is 35.5. The van der Waals surface area contributed by atoms with E-state index >= 15 is 0 Å². The molecule has 1 saturated carbocycles. The Hall–Kier alpha value is -5.76. The Balaban J connectivity index is 0.000000262.